The van der Waals surface area contributed by atoms with Crippen LogP contribution in [0.5, 0.6) is 0 Å². The fourth-order valence-electron chi connectivity index (χ4n) is 1.69. The van der Waals surface area contributed by atoms with E-state index in [2.05, 4.69) is 26.0 Å². The summed E-state index contributed by atoms with van der Waals surface area (Å²) in [6, 6.07) is 2.86. The lowest BCUT2D eigenvalue weighted by molar-refractivity contribution is 0.414. The Balaban J connectivity index is 3.08. The summed E-state index contributed by atoms with van der Waals surface area (Å²) < 4.78 is 41.9. The van der Waals surface area contributed by atoms with Crippen molar-refractivity contribution in [1.29, 1.82) is 0 Å². The van der Waals surface area contributed by atoms with E-state index < -0.39 is 15.8 Å². The molecule has 2 N–H and O–H groups in total. The summed E-state index contributed by atoms with van der Waals surface area (Å²) in [6.07, 6.45) is 0. The Kier molecular flexibility index (Phi) is 6.77. The van der Waals surface area contributed by atoms with Crippen LogP contribution in [0.3, 0.4) is 0 Å². The van der Waals surface area contributed by atoms with Gasteiger partial charge in [0.25, 0.3) is 0 Å². The van der Waals surface area contributed by atoms with Crippen LogP contribution in [0.4, 0.5) is 4.39 Å². The Morgan fingerprint density at radius 3 is 2.43 bits per heavy atom. The fraction of sp³-hybridized carbons (Fsp3) is 0.571. The molecule has 0 heterocycles. The van der Waals surface area contributed by atoms with Gasteiger partial charge in [-0.05, 0) is 31.0 Å². The number of nitrogens with one attached hydrogen (secondary N) is 2. The summed E-state index contributed by atoms with van der Waals surface area (Å²) in [5.41, 5.74) is 0.309. The number of halogens is 2. The van der Waals surface area contributed by atoms with E-state index in [0.717, 1.165) is 0 Å². The summed E-state index contributed by atoms with van der Waals surface area (Å²) in [5, 5.41) is 2.82. The lowest BCUT2D eigenvalue weighted by Gasteiger charge is -2.17. The van der Waals surface area contributed by atoms with Gasteiger partial charge in [-0.25, -0.2) is 17.5 Å². The first-order valence-electron chi connectivity index (χ1n) is 6.81. The van der Waals surface area contributed by atoms with Crippen LogP contribution < -0.4 is 10.0 Å². The molecule has 0 aliphatic carbocycles. The maximum Gasteiger partial charge on any atom is 0.243 e. The second-order valence-corrected chi connectivity index (χ2v) is 8.13. The molecule has 0 aliphatic rings. The number of hydrogen-bond donors (Lipinski definition) is 2. The molecule has 120 valence electrons. The molecule has 7 heteroatoms. The third-order valence-corrected chi connectivity index (χ3v) is 5.35. The maximum absolute atomic E-state index is 14.3. The van der Waals surface area contributed by atoms with E-state index >= 15 is 0 Å². The van der Waals surface area contributed by atoms with Gasteiger partial charge in [0, 0.05) is 23.1 Å². The van der Waals surface area contributed by atoms with Gasteiger partial charge in [0.2, 0.25) is 10.0 Å². The Bertz CT molecular complexity index is 591. The molecule has 0 spiro atoms. The number of benzene rings is 1. The van der Waals surface area contributed by atoms with Gasteiger partial charge < -0.3 is 5.32 Å². The Morgan fingerprint density at radius 2 is 1.90 bits per heavy atom. The lowest BCUT2D eigenvalue weighted by Crippen LogP contribution is -2.31. The zero-order chi connectivity index (χ0) is 16.2. The molecule has 0 saturated heterocycles. The van der Waals surface area contributed by atoms with Crippen molar-refractivity contribution in [1.82, 2.24) is 10.0 Å². The van der Waals surface area contributed by atoms with Crippen LogP contribution in [-0.2, 0) is 16.6 Å². The molecule has 0 radical (unpaired) electrons. The number of sulfonamides is 1. The smallest absolute Gasteiger partial charge is 0.243 e. The highest BCUT2D eigenvalue weighted by molar-refractivity contribution is 9.10. The zero-order valence-corrected chi connectivity index (χ0v) is 15.1. The molecule has 1 aromatic carbocycles. The first kappa shape index (κ1) is 18.5. The first-order chi connectivity index (χ1) is 9.69. The van der Waals surface area contributed by atoms with Gasteiger partial charge >= 0.3 is 0 Å². The zero-order valence-electron chi connectivity index (χ0n) is 12.7. The average molecular weight is 381 g/mol. The van der Waals surface area contributed by atoms with Crippen LogP contribution in [0.25, 0.3) is 0 Å². The molecule has 4 nitrogen and oxygen atoms in total. The second-order valence-electron chi connectivity index (χ2n) is 5.48. The summed E-state index contributed by atoms with van der Waals surface area (Å²) in [4.78, 5) is -0.321. The predicted molar refractivity (Wildman–Crippen MR) is 86.1 cm³/mol. The van der Waals surface area contributed by atoms with Gasteiger partial charge in [0.15, 0.2) is 0 Å². The fourth-order valence-corrected chi connectivity index (χ4v) is 3.63. The predicted octanol–water partition coefficient (Wildman–Crippen LogP) is 2.88. The van der Waals surface area contributed by atoms with Crippen LogP contribution in [0.15, 0.2) is 21.5 Å². The van der Waals surface area contributed by atoms with Crippen molar-refractivity contribution in [3.8, 4) is 0 Å². The van der Waals surface area contributed by atoms with Crippen molar-refractivity contribution in [3.05, 3.63) is 28.0 Å². The Morgan fingerprint density at radius 1 is 1.29 bits per heavy atom. The number of hydrogen-bond acceptors (Lipinski definition) is 3. The van der Waals surface area contributed by atoms with E-state index in [-0.39, 0.29) is 23.9 Å². The van der Waals surface area contributed by atoms with Gasteiger partial charge in [-0.3, -0.25) is 0 Å². The molecule has 0 amide bonds. The lowest BCUT2D eigenvalue weighted by atomic mass is 9.99. The van der Waals surface area contributed by atoms with Crippen LogP contribution in [0.1, 0.15) is 26.3 Å². The highest BCUT2D eigenvalue weighted by Crippen LogP contribution is 2.24. The molecule has 21 heavy (non-hydrogen) atoms. The minimum absolute atomic E-state index is 0.173. The van der Waals surface area contributed by atoms with Crippen molar-refractivity contribution in [3.63, 3.8) is 0 Å². The third kappa shape index (κ3) is 5.02. The SMILES string of the molecule is CNCc1cc(Br)cc(S(=O)(=O)NCC(C)C(C)C)c1F. The summed E-state index contributed by atoms with van der Waals surface area (Å²) in [7, 11) is -2.19. The molecule has 1 rings (SSSR count). The van der Waals surface area contributed by atoms with Gasteiger partial charge in [0.1, 0.15) is 10.7 Å². The van der Waals surface area contributed by atoms with Crippen molar-refractivity contribution in [2.24, 2.45) is 11.8 Å². The van der Waals surface area contributed by atoms with Crippen LogP contribution >= 0.6 is 15.9 Å². The van der Waals surface area contributed by atoms with Crippen LogP contribution in [0.2, 0.25) is 0 Å². The minimum Gasteiger partial charge on any atom is -0.316 e. The summed E-state index contributed by atoms with van der Waals surface area (Å²) >= 11 is 3.23. The molecule has 0 saturated carbocycles. The van der Waals surface area contributed by atoms with Crippen molar-refractivity contribution >= 4 is 26.0 Å². The van der Waals surface area contributed by atoms with E-state index in [9.17, 15) is 12.8 Å². The molecule has 0 aromatic heterocycles. The molecule has 1 aromatic rings. The molecule has 1 unspecified atom stereocenters. The number of rotatable bonds is 7. The molecular formula is C14H22BrFN2O2S. The molecule has 1 atom stereocenters. The van der Waals surface area contributed by atoms with Gasteiger partial charge in [-0.15, -0.1) is 0 Å². The quantitative estimate of drug-likeness (QED) is 0.764. The van der Waals surface area contributed by atoms with Gasteiger partial charge in [-0.1, -0.05) is 36.7 Å². The second kappa shape index (κ2) is 7.67. The third-order valence-electron chi connectivity index (χ3n) is 3.47. The van der Waals surface area contributed by atoms with Crippen molar-refractivity contribution in [2.45, 2.75) is 32.2 Å². The topological polar surface area (TPSA) is 58.2 Å². The van der Waals surface area contributed by atoms with E-state index in [1.54, 1.807) is 13.1 Å². The largest absolute Gasteiger partial charge is 0.316 e. The average Bonchev–Trinajstić information content (AvgIpc) is 2.39. The maximum atomic E-state index is 14.3. The van der Waals surface area contributed by atoms with Gasteiger partial charge in [-0.2, -0.15) is 0 Å². The van der Waals surface area contributed by atoms with Crippen molar-refractivity contribution < 1.29 is 12.8 Å². The molecule has 0 fully saturated rings. The normalized spacial score (nSPS) is 13.7. The minimum atomic E-state index is -3.87. The molecule has 0 bridgehead atoms. The summed E-state index contributed by atoms with van der Waals surface area (Å²) in [6.45, 7) is 6.54. The monoisotopic (exact) mass is 380 g/mol. The van der Waals surface area contributed by atoms with E-state index in [1.807, 2.05) is 20.8 Å². The Hall–Kier alpha value is -0.500. The highest BCUT2D eigenvalue weighted by atomic mass is 79.9. The molecule has 0 aliphatic heterocycles. The first-order valence-corrected chi connectivity index (χ1v) is 9.08. The standard InChI is InChI=1S/C14H22BrFN2O2S/c1-9(2)10(3)7-18-21(19,20)13-6-12(15)5-11(8-17-4)14(13)16/h5-6,9-10,17-18H,7-8H2,1-4H3. The van der Waals surface area contributed by atoms with E-state index in [1.165, 1.54) is 6.07 Å². The Labute approximate surface area is 134 Å². The highest BCUT2D eigenvalue weighted by Gasteiger charge is 2.23. The van der Waals surface area contributed by atoms with Crippen molar-refractivity contribution in [2.75, 3.05) is 13.6 Å². The van der Waals surface area contributed by atoms with E-state index in [4.69, 9.17) is 0 Å². The van der Waals surface area contributed by atoms with Gasteiger partial charge in [0.05, 0.1) is 0 Å². The summed E-state index contributed by atoms with van der Waals surface area (Å²) in [5.74, 6) is -0.191. The molecular weight excluding hydrogens is 359 g/mol. The van der Waals surface area contributed by atoms with Crippen LogP contribution in [0, 0.1) is 17.7 Å². The van der Waals surface area contributed by atoms with Crippen LogP contribution in [-0.4, -0.2) is 22.0 Å². The van der Waals surface area contributed by atoms with E-state index in [0.29, 0.717) is 16.0 Å².